The van der Waals surface area contributed by atoms with Crippen LogP contribution < -0.4 is 5.32 Å². The highest BCUT2D eigenvalue weighted by Crippen LogP contribution is 2.37. The van der Waals surface area contributed by atoms with Gasteiger partial charge in [-0.25, -0.2) is 0 Å². The summed E-state index contributed by atoms with van der Waals surface area (Å²) in [4.78, 5) is 0. The van der Waals surface area contributed by atoms with Crippen molar-refractivity contribution < 1.29 is 0 Å². The molecule has 1 aliphatic carbocycles. The summed E-state index contributed by atoms with van der Waals surface area (Å²) in [5.74, 6) is 0. The lowest BCUT2D eigenvalue weighted by molar-refractivity contribution is 0.720. The Labute approximate surface area is 124 Å². The van der Waals surface area contributed by atoms with Gasteiger partial charge in [0.05, 0.1) is 12.2 Å². The molecular weight excluding hydrogens is 258 g/mol. The van der Waals surface area contributed by atoms with E-state index in [1.807, 2.05) is 24.0 Å². The third kappa shape index (κ3) is 2.11. The van der Waals surface area contributed by atoms with Crippen LogP contribution in [0.3, 0.4) is 0 Å². The largest absolute Gasteiger partial charge is 0.379 e. The van der Waals surface area contributed by atoms with Crippen LogP contribution in [0.15, 0.2) is 54.7 Å². The molecule has 104 valence electrons. The minimum atomic E-state index is 0.794. The van der Waals surface area contributed by atoms with E-state index in [2.05, 4.69) is 52.9 Å². The summed E-state index contributed by atoms with van der Waals surface area (Å²) >= 11 is 0. The standard InChI is InChI=1S/C18H17N3/c1-21-16(8-9-20-21)12-19-15-6-7-18-14(11-15)10-13-4-2-3-5-17(13)18/h2-9,11,19H,10,12H2,1H3. The fraction of sp³-hybridized carbons (Fsp3) is 0.167. The quantitative estimate of drug-likeness (QED) is 0.619. The highest BCUT2D eigenvalue weighted by atomic mass is 15.3. The fourth-order valence-corrected chi connectivity index (χ4v) is 3.02. The van der Waals surface area contributed by atoms with Crippen LogP contribution in [0.1, 0.15) is 16.8 Å². The molecule has 2 aromatic carbocycles. The van der Waals surface area contributed by atoms with Gasteiger partial charge in [-0.15, -0.1) is 0 Å². The van der Waals surface area contributed by atoms with Crippen molar-refractivity contribution in [3.8, 4) is 11.1 Å². The number of rotatable bonds is 3. The van der Waals surface area contributed by atoms with Gasteiger partial charge in [0.25, 0.3) is 0 Å². The monoisotopic (exact) mass is 275 g/mol. The molecule has 0 spiro atoms. The number of nitrogens with one attached hydrogen (secondary N) is 1. The van der Waals surface area contributed by atoms with Gasteiger partial charge in [0.1, 0.15) is 0 Å². The van der Waals surface area contributed by atoms with Crippen molar-refractivity contribution in [1.82, 2.24) is 9.78 Å². The third-order valence-corrected chi connectivity index (χ3v) is 4.19. The highest BCUT2D eigenvalue weighted by molar-refractivity contribution is 5.78. The summed E-state index contributed by atoms with van der Waals surface area (Å²) in [5.41, 5.74) is 7.94. The van der Waals surface area contributed by atoms with E-state index in [9.17, 15) is 0 Å². The average Bonchev–Trinajstić information content (AvgIpc) is 3.07. The van der Waals surface area contributed by atoms with Crippen molar-refractivity contribution >= 4 is 5.69 Å². The van der Waals surface area contributed by atoms with Crippen LogP contribution >= 0.6 is 0 Å². The van der Waals surface area contributed by atoms with Crippen molar-refractivity contribution in [2.24, 2.45) is 7.05 Å². The van der Waals surface area contributed by atoms with Gasteiger partial charge in [-0.2, -0.15) is 5.10 Å². The molecular formula is C18H17N3. The van der Waals surface area contributed by atoms with Crippen molar-refractivity contribution in [3.05, 3.63) is 71.5 Å². The second-order valence-corrected chi connectivity index (χ2v) is 5.51. The van der Waals surface area contributed by atoms with E-state index >= 15 is 0 Å². The molecule has 0 fully saturated rings. The number of benzene rings is 2. The van der Waals surface area contributed by atoms with Gasteiger partial charge < -0.3 is 5.32 Å². The van der Waals surface area contributed by atoms with E-state index in [0.717, 1.165) is 13.0 Å². The molecule has 4 rings (SSSR count). The van der Waals surface area contributed by atoms with E-state index in [-0.39, 0.29) is 0 Å². The molecule has 0 aliphatic heterocycles. The predicted molar refractivity (Wildman–Crippen MR) is 85.2 cm³/mol. The lowest BCUT2D eigenvalue weighted by atomic mass is 10.1. The molecule has 1 N–H and O–H groups in total. The number of hydrogen-bond donors (Lipinski definition) is 1. The minimum absolute atomic E-state index is 0.794. The average molecular weight is 275 g/mol. The van der Waals surface area contributed by atoms with Crippen molar-refractivity contribution in [2.75, 3.05) is 5.32 Å². The van der Waals surface area contributed by atoms with Gasteiger partial charge in [-0.05, 0) is 46.9 Å². The second-order valence-electron chi connectivity index (χ2n) is 5.51. The van der Waals surface area contributed by atoms with Gasteiger partial charge in [0.2, 0.25) is 0 Å². The Bertz CT molecular complexity index is 802. The first kappa shape index (κ1) is 12.2. The molecule has 1 aromatic heterocycles. The minimum Gasteiger partial charge on any atom is -0.379 e. The highest BCUT2D eigenvalue weighted by Gasteiger charge is 2.17. The number of hydrogen-bond acceptors (Lipinski definition) is 2. The summed E-state index contributed by atoms with van der Waals surface area (Å²) in [6, 6.07) is 17.4. The number of anilines is 1. The Balaban J connectivity index is 1.57. The maximum atomic E-state index is 4.19. The van der Waals surface area contributed by atoms with E-state index in [1.54, 1.807) is 0 Å². The first-order valence-electron chi connectivity index (χ1n) is 7.23. The molecule has 3 heteroatoms. The molecule has 1 heterocycles. The summed E-state index contributed by atoms with van der Waals surface area (Å²) in [6.07, 6.45) is 2.86. The van der Waals surface area contributed by atoms with Crippen LogP contribution in [0.2, 0.25) is 0 Å². The normalized spacial score (nSPS) is 12.0. The van der Waals surface area contributed by atoms with Gasteiger partial charge in [-0.1, -0.05) is 30.3 Å². The molecule has 3 nitrogen and oxygen atoms in total. The number of fused-ring (bicyclic) bond motifs is 3. The maximum absolute atomic E-state index is 4.19. The number of aryl methyl sites for hydroxylation is 1. The van der Waals surface area contributed by atoms with Crippen LogP contribution in [0.5, 0.6) is 0 Å². The zero-order valence-corrected chi connectivity index (χ0v) is 12.0. The topological polar surface area (TPSA) is 29.9 Å². The Morgan fingerprint density at radius 2 is 1.90 bits per heavy atom. The SMILES string of the molecule is Cn1nccc1CNc1ccc2c(c1)Cc1ccccc1-2. The van der Waals surface area contributed by atoms with Crippen LogP contribution in [0.4, 0.5) is 5.69 Å². The van der Waals surface area contributed by atoms with Crippen LogP contribution in [0, 0.1) is 0 Å². The van der Waals surface area contributed by atoms with Crippen molar-refractivity contribution in [1.29, 1.82) is 0 Å². The molecule has 0 radical (unpaired) electrons. The maximum Gasteiger partial charge on any atom is 0.0571 e. The molecule has 0 saturated heterocycles. The molecule has 1 aliphatic rings. The lowest BCUT2D eigenvalue weighted by Gasteiger charge is -2.09. The van der Waals surface area contributed by atoms with Crippen molar-refractivity contribution in [3.63, 3.8) is 0 Å². The Hall–Kier alpha value is -2.55. The lowest BCUT2D eigenvalue weighted by Crippen LogP contribution is -2.05. The van der Waals surface area contributed by atoms with E-state index in [4.69, 9.17) is 0 Å². The Morgan fingerprint density at radius 3 is 2.76 bits per heavy atom. The summed E-state index contributed by atoms with van der Waals surface area (Å²) < 4.78 is 1.90. The van der Waals surface area contributed by atoms with Crippen molar-refractivity contribution in [2.45, 2.75) is 13.0 Å². The zero-order chi connectivity index (χ0) is 14.2. The number of aromatic nitrogens is 2. The first-order chi connectivity index (χ1) is 10.3. The molecule has 0 atom stereocenters. The molecule has 0 amide bonds. The summed E-state index contributed by atoms with van der Waals surface area (Å²) in [7, 11) is 1.97. The smallest absolute Gasteiger partial charge is 0.0571 e. The van der Waals surface area contributed by atoms with Gasteiger partial charge in [0, 0.05) is 18.9 Å². The second kappa shape index (κ2) is 4.77. The van der Waals surface area contributed by atoms with Gasteiger partial charge in [-0.3, -0.25) is 4.68 Å². The molecule has 0 unspecified atom stereocenters. The molecule has 0 saturated carbocycles. The summed E-state index contributed by atoms with van der Waals surface area (Å²) in [5, 5.41) is 7.67. The Kier molecular flexibility index (Phi) is 2.78. The van der Waals surface area contributed by atoms with Crippen LogP contribution in [-0.4, -0.2) is 9.78 Å². The van der Waals surface area contributed by atoms with E-state index in [1.165, 1.54) is 33.6 Å². The van der Waals surface area contributed by atoms with Gasteiger partial charge >= 0.3 is 0 Å². The fourth-order valence-electron chi connectivity index (χ4n) is 3.02. The molecule has 21 heavy (non-hydrogen) atoms. The Morgan fingerprint density at radius 1 is 1.05 bits per heavy atom. The van der Waals surface area contributed by atoms with Crippen LogP contribution in [0.25, 0.3) is 11.1 Å². The zero-order valence-electron chi connectivity index (χ0n) is 12.0. The third-order valence-electron chi connectivity index (χ3n) is 4.19. The van der Waals surface area contributed by atoms with E-state index in [0.29, 0.717) is 0 Å². The predicted octanol–water partition coefficient (Wildman–Crippen LogP) is 3.60. The first-order valence-corrected chi connectivity index (χ1v) is 7.23. The molecule has 3 aromatic rings. The van der Waals surface area contributed by atoms with Gasteiger partial charge in [0.15, 0.2) is 0 Å². The summed E-state index contributed by atoms with van der Waals surface area (Å²) in [6.45, 7) is 0.794. The number of nitrogens with zero attached hydrogens (tertiary/aromatic N) is 2. The van der Waals surface area contributed by atoms with Crippen LogP contribution in [-0.2, 0) is 20.0 Å². The van der Waals surface area contributed by atoms with E-state index < -0.39 is 0 Å². The molecule has 0 bridgehead atoms.